The van der Waals surface area contributed by atoms with Gasteiger partial charge in [0.2, 0.25) is 0 Å². The van der Waals surface area contributed by atoms with Crippen molar-refractivity contribution in [2.24, 2.45) is 17.2 Å². The van der Waals surface area contributed by atoms with E-state index in [-0.39, 0.29) is 11.9 Å². The first-order valence-corrected chi connectivity index (χ1v) is 4.25. The topological polar surface area (TPSA) is 106 Å². The van der Waals surface area contributed by atoms with E-state index in [1.165, 1.54) is 0 Å². The number of guanidine groups is 2. The summed E-state index contributed by atoms with van der Waals surface area (Å²) in [6.07, 6.45) is 0. The molecule has 0 saturated carbocycles. The Bertz CT molecular complexity index is 364. The number of hydrogen-bond acceptors (Lipinski definition) is 0. The van der Waals surface area contributed by atoms with Crippen LogP contribution in [0, 0.1) is 0 Å². The van der Waals surface area contributed by atoms with Gasteiger partial charge in [-0.3, -0.25) is 17.2 Å². The van der Waals surface area contributed by atoms with E-state index in [0.29, 0.717) is 5.02 Å². The summed E-state index contributed by atoms with van der Waals surface area (Å²) in [7, 11) is 0. The van der Waals surface area contributed by atoms with E-state index in [9.17, 15) is 0 Å². The highest BCUT2D eigenvalue weighted by Gasteiger charge is 1.99. The van der Waals surface area contributed by atoms with E-state index in [1.54, 1.807) is 24.3 Å². The first-order valence-electron chi connectivity index (χ1n) is 3.88. The van der Waals surface area contributed by atoms with Crippen molar-refractivity contribution in [2.75, 3.05) is 0 Å². The Morgan fingerprint density at radius 1 is 1.07 bits per heavy atom. The fourth-order valence-electron chi connectivity index (χ4n) is 0.875. The van der Waals surface area contributed by atoms with E-state index in [1.807, 2.05) is 0 Å². The maximum absolute atomic E-state index is 5.71. The molecule has 0 aliphatic rings. The minimum absolute atomic E-state index is 0.0314. The summed E-state index contributed by atoms with van der Waals surface area (Å²) in [6.45, 7) is 0. The van der Waals surface area contributed by atoms with Gasteiger partial charge >= 0.3 is 11.9 Å². The lowest BCUT2D eigenvalue weighted by Crippen LogP contribution is -2.96. The molecule has 5 nitrogen and oxygen atoms in total. The van der Waals surface area contributed by atoms with Gasteiger partial charge in [-0.05, 0) is 24.3 Å². The molecule has 0 heterocycles. The third-order valence-electron chi connectivity index (χ3n) is 1.40. The number of nitrogens with two attached hydrogens (primary N) is 3. The van der Waals surface area contributed by atoms with E-state index in [2.05, 4.69) is 9.98 Å². The Balaban J connectivity index is 2.87. The highest BCUT2D eigenvalue weighted by Crippen LogP contribution is 2.08. The summed E-state index contributed by atoms with van der Waals surface area (Å²) in [5, 5.41) is 0.659. The largest absolute Gasteiger partial charge is 0.390 e. The molecule has 0 aliphatic carbocycles. The van der Waals surface area contributed by atoms with Gasteiger partial charge in [-0.25, -0.2) is 4.99 Å². The minimum Gasteiger partial charge on any atom is -0.275 e. The lowest BCUT2D eigenvalue weighted by Gasteiger charge is -1.91. The molecular weight excluding hydrogens is 202 g/mol. The van der Waals surface area contributed by atoms with Gasteiger partial charge in [0, 0.05) is 5.02 Å². The highest BCUT2D eigenvalue weighted by molar-refractivity contribution is 6.30. The average Bonchev–Trinajstić information content (AvgIpc) is 2.07. The lowest BCUT2D eigenvalue weighted by molar-refractivity contribution is -0.459. The molecule has 0 unspecified atom stereocenters. The molecule has 14 heavy (non-hydrogen) atoms. The normalized spacial score (nSPS) is 11.1. The molecule has 0 aliphatic heterocycles. The minimum atomic E-state index is 0.0314. The van der Waals surface area contributed by atoms with Crippen molar-refractivity contribution in [2.45, 2.75) is 0 Å². The zero-order valence-electron chi connectivity index (χ0n) is 7.42. The van der Waals surface area contributed by atoms with Crippen LogP contribution in [0.15, 0.2) is 24.3 Å². The van der Waals surface area contributed by atoms with Crippen LogP contribution in [0.3, 0.4) is 0 Å². The van der Waals surface area contributed by atoms with Crippen LogP contribution in [0.25, 0.3) is 0 Å². The van der Waals surface area contributed by atoms with Crippen LogP contribution < -0.4 is 27.2 Å². The molecule has 6 heteroatoms. The summed E-state index contributed by atoms with van der Waals surface area (Å²) >= 11 is 5.71. The van der Waals surface area contributed by atoms with Crippen LogP contribution in [0.2, 0.25) is 5.02 Å². The Kier molecular flexibility index (Phi) is 3.30. The van der Waals surface area contributed by atoms with E-state index in [4.69, 9.17) is 28.8 Å². The SMILES string of the molecule is NC(N)=[NH+]C(N)=[NH+]c1ccc(Cl)cc1. The molecule has 0 aromatic heterocycles. The van der Waals surface area contributed by atoms with Crippen LogP contribution in [0.4, 0.5) is 5.69 Å². The second-order valence-corrected chi connectivity index (χ2v) is 3.06. The summed E-state index contributed by atoms with van der Waals surface area (Å²) in [4.78, 5) is 5.37. The van der Waals surface area contributed by atoms with Crippen LogP contribution >= 0.6 is 11.6 Å². The molecule has 0 atom stereocenters. The average molecular weight is 214 g/mol. The van der Waals surface area contributed by atoms with Gasteiger partial charge in [0.05, 0.1) is 0 Å². The predicted molar refractivity (Wildman–Crippen MR) is 55.6 cm³/mol. The van der Waals surface area contributed by atoms with Crippen molar-refractivity contribution in [3.63, 3.8) is 0 Å². The molecule has 0 spiro atoms. The molecular formula is C8H12ClN5+2. The lowest BCUT2D eigenvalue weighted by atomic mass is 10.3. The number of benzene rings is 1. The predicted octanol–water partition coefficient (Wildman–Crippen LogP) is -3.28. The summed E-state index contributed by atoms with van der Waals surface area (Å²) < 4.78 is 0. The Hall–Kier alpha value is -1.75. The van der Waals surface area contributed by atoms with Crippen LogP contribution in [0.1, 0.15) is 0 Å². The van der Waals surface area contributed by atoms with Crippen molar-refractivity contribution < 1.29 is 9.98 Å². The molecule has 1 aromatic rings. The number of rotatable bonds is 1. The fourth-order valence-corrected chi connectivity index (χ4v) is 1.00. The smallest absolute Gasteiger partial charge is 0.275 e. The summed E-state index contributed by atoms with van der Waals surface area (Å²) in [5.41, 5.74) is 16.7. The highest BCUT2D eigenvalue weighted by atomic mass is 35.5. The second kappa shape index (κ2) is 4.48. The molecule has 1 rings (SSSR count). The fraction of sp³-hybridized carbons (Fsp3) is 0. The Morgan fingerprint density at radius 2 is 1.64 bits per heavy atom. The zero-order valence-corrected chi connectivity index (χ0v) is 8.18. The zero-order chi connectivity index (χ0) is 10.6. The molecule has 1 aromatic carbocycles. The van der Waals surface area contributed by atoms with E-state index >= 15 is 0 Å². The van der Waals surface area contributed by atoms with E-state index < -0.39 is 0 Å². The maximum Gasteiger partial charge on any atom is 0.390 e. The summed E-state index contributed by atoms with van der Waals surface area (Å²) in [5.74, 6) is 0.288. The van der Waals surface area contributed by atoms with Crippen molar-refractivity contribution in [1.29, 1.82) is 0 Å². The number of nitrogens with one attached hydrogen (secondary N) is 2. The standard InChI is InChI=1S/C8H10ClN5/c9-5-1-3-6(4-2-5)13-8(12)14-7(10)11/h1-4H,(H6,10,11,12,13,14)/p+2. The van der Waals surface area contributed by atoms with Gasteiger partial charge in [-0.2, -0.15) is 4.99 Å². The molecule has 0 bridgehead atoms. The monoisotopic (exact) mass is 213 g/mol. The van der Waals surface area contributed by atoms with Crippen LogP contribution in [0.5, 0.6) is 0 Å². The summed E-state index contributed by atoms with van der Waals surface area (Å²) in [6, 6.07) is 7.05. The van der Waals surface area contributed by atoms with Crippen molar-refractivity contribution >= 4 is 29.2 Å². The van der Waals surface area contributed by atoms with Crippen molar-refractivity contribution in [1.82, 2.24) is 0 Å². The number of hydrogen-bond donors (Lipinski definition) is 5. The molecule has 0 amide bonds. The first kappa shape index (κ1) is 10.3. The van der Waals surface area contributed by atoms with Crippen molar-refractivity contribution in [3.05, 3.63) is 29.3 Å². The maximum atomic E-state index is 5.71. The Labute approximate surface area is 86.3 Å². The Morgan fingerprint density at radius 3 is 2.14 bits per heavy atom. The van der Waals surface area contributed by atoms with Crippen LogP contribution in [-0.2, 0) is 0 Å². The molecule has 0 saturated heterocycles. The second-order valence-electron chi connectivity index (χ2n) is 2.63. The molecule has 74 valence electrons. The first-order chi connectivity index (χ1) is 6.58. The molecule has 8 N–H and O–H groups in total. The third-order valence-corrected chi connectivity index (χ3v) is 1.65. The molecule has 0 radical (unpaired) electrons. The van der Waals surface area contributed by atoms with Gasteiger partial charge in [0.1, 0.15) is 5.69 Å². The van der Waals surface area contributed by atoms with Crippen molar-refractivity contribution in [3.8, 4) is 0 Å². The van der Waals surface area contributed by atoms with Gasteiger partial charge in [-0.1, -0.05) is 11.6 Å². The van der Waals surface area contributed by atoms with Gasteiger partial charge in [-0.15, -0.1) is 0 Å². The van der Waals surface area contributed by atoms with E-state index in [0.717, 1.165) is 5.69 Å². The molecule has 0 fully saturated rings. The number of halogens is 1. The third kappa shape index (κ3) is 3.32. The van der Waals surface area contributed by atoms with Gasteiger partial charge < -0.3 is 0 Å². The van der Waals surface area contributed by atoms with Crippen LogP contribution in [-0.4, -0.2) is 11.9 Å². The quantitative estimate of drug-likeness (QED) is 0.250. The van der Waals surface area contributed by atoms with Gasteiger partial charge in [0.15, 0.2) is 0 Å². The van der Waals surface area contributed by atoms with Gasteiger partial charge in [0.25, 0.3) is 0 Å².